The molecule has 24 heavy (non-hydrogen) atoms. The first-order valence-electron chi connectivity index (χ1n) is 6.64. The molecule has 2 heterocycles. The molecule has 0 bridgehead atoms. The summed E-state index contributed by atoms with van der Waals surface area (Å²) in [4.78, 5) is 12.2. The van der Waals surface area contributed by atoms with Crippen molar-refractivity contribution in [1.82, 2.24) is 20.0 Å². The van der Waals surface area contributed by atoms with E-state index in [2.05, 4.69) is 68.4 Å². The van der Waals surface area contributed by atoms with Gasteiger partial charge in [0, 0.05) is 4.47 Å². The molecule has 0 aliphatic carbocycles. The van der Waals surface area contributed by atoms with Crippen LogP contribution in [0.2, 0.25) is 0 Å². The molecular weight excluding hydrogens is 510 g/mol. The molecule has 2 N–H and O–H groups in total. The fourth-order valence-corrected chi connectivity index (χ4v) is 2.72. The molecule has 7 nitrogen and oxygen atoms in total. The van der Waals surface area contributed by atoms with Crippen LogP contribution in [0, 0.1) is 0 Å². The average Bonchev–Trinajstić information content (AvgIpc) is 3.14. The van der Waals surface area contributed by atoms with Crippen LogP contribution in [0.15, 0.2) is 50.2 Å². The molecule has 3 rings (SSSR count). The van der Waals surface area contributed by atoms with Crippen molar-refractivity contribution in [2.75, 3.05) is 5.32 Å². The summed E-state index contributed by atoms with van der Waals surface area (Å²) in [6, 6.07) is 7.49. The summed E-state index contributed by atoms with van der Waals surface area (Å²) in [5.41, 5.74) is 0.797. The van der Waals surface area contributed by atoms with Gasteiger partial charge in [0.2, 0.25) is 0 Å². The van der Waals surface area contributed by atoms with Crippen LogP contribution in [0.1, 0.15) is 10.5 Å². The second kappa shape index (κ2) is 7.49. The van der Waals surface area contributed by atoms with E-state index in [9.17, 15) is 4.79 Å². The molecule has 0 saturated carbocycles. The van der Waals surface area contributed by atoms with E-state index in [0.29, 0.717) is 14.8 Å². The third-order valence-corrected chi connectivity index (χ3v) is 5.36. The van der Waals surface area contributed by atoms with Crippen molar-refractivity contribution >= 4 is 59.4 Å². The van der Waals surface area contributed by atoms with Gasteiger partial charge in [0.1, 0.15) is 10.4 Å². The Labute approximate surface area is 162 Å². The summed E-state index contributed by atoms with van der Waals surface area (Å²) >= 11 is 9.89. The first-order chi connectivity index (χ1) is 11.5. The van der Waals surface area contributed by atoms with E-state index in [-0.39, 0.29) is 18.3 Å². The monoisotopic (exact) mass is 517 g/mol. The third kappa shape index (κ3) is 4.05. The second-order valence-electron chi connectivity index (χ2n) is 4.65. The van der Waals surface area contributed by atoms with Crippen molar-refractivity contribution in [2.24, 2.45) is 0 Å². The molecule has 1 amide bonds. The van der Waals surface area contributed by atoms with Gasteiger partial charge in [-0.2, -0.15) is 10.2 Å². The average molecular weight is 520 g/mol. The number of H-pyrrole nitrogens is 1. The van der Waals surface area contributed by atoms with Gasteiger partial charge in [0.25, 0.3) is 5.91 Å². The first kappa shape index (κ1) is 17.2. The van der Waals surface area contributed by atoms with E-state index >= 15 is 0 Å². The Bertz CT molecular complexity index is 860. The molecular formula is C14H10Br3N5O2. The molecule has 2 aromatic heterocycles. The quantitative estimate of drug-likeness (QED) is 0.529. The summed E-state index contributed by atoms with van der Waals surface area (Å²) in [6.07, 6.45) is 3.21. The first-order valence-corrected chi connectivity index (χ1v) is 9.02. The van der Waals surface area contributed by atoms with Crippen molar-refractivity contribution in [3.63, 3.8) is 0 Å². The number of halogens is 3. The van der Waals surface area contributed by atoms with Gasteiger partial charge in [0.05, 0.1) is 22.6 Å². The molecule has 3 aromatic rings. The number of aromatic nitrogens is 4. The predicted molar refractivity (Wildman–Crippen MR) is 98.9 cm³/mol. The second-order valence-corrected chi connectivity index (χ2v) is 7.15. The predicted octanol–water partition coefficient (Wildman–Crippen LogP) is 4.18. The lowest BCUT2D eigenvalue weighted by Gasteiger charge is -2.05. The van der Waals surface area contributed by atoms with Crippen molar-refractivity contribution < 1.29 is 9.53 Å². The highest BCUT2D eigenvalue weighted by Crippen LogP contribution is 2.24. The van der Waals surface area contributed by atoms with E-state index in [4.69, 9.17) is 4.74 Å². The topological polar surface area (TPSA) is 84.8 Å². The minimum Gasteiger partial charge on any atom is -0.471 e. The molecule has 0 aliphatic heterocycles. The largest absolute Gasteiger partial charge is 0.471 e. The summed E-state index contributed by atoms with van der Waals surface area (Å²) in [5, 5.41) is 13.4. The van der Waals surface area contributed by atoms with Crippen molar-refractivity contribution in [3.8, 4) is 5.75 Å². The molecule has 0 spiro atoms. The minimum atomic E-state index is -0.350. The van der Waals surface area contributed by atoms with Crippen LogP contribution in [-0.4, -0.2) is 25.9 Å². The number of nitrogens with zero attached hydrogens (tertiary/aromatic N) is 3. The molecule has 0 unspecified atom stereocenters. The number of amides is 1. The standard InChI is InChI=1S/C14H10Br3N5O2/c15-8-1-3-10(4-2-8)24-7-22-6-9(5-18-22)19-14(23)12-11(16)13(17)21-20-12/h1-6H,7H2,(H,19,23)(H,20,21). The Morgan fingerprint density at radius 2 is 2.00 bits per heavy atom. The van der Waals surface area contributed by atoms with Crippen LogP contribution in [0.25, 0.3) is 0 Å². The van der Waals surface area contributed by atoms with Gasteiger partial charge in [-0.3, -0.25) is 9.89 Å². The number of ether oxygens (including phenoxy) is 1. The lowest BCUT2D eigenvalue weighted by molar-refractivity contribution is 0.102. The van der Waals surface area contributed by atoms with Gasteiger partial charge >= 0.3 is 0 Å². The van der Waals surface area contributed by atoms with Gasteiger partial charge in [-0.05, 0) is 56.1 Å². The van der Waals surface area contributed by atoms with E-state index in [1.807, 2.05) is 24.3 Å². The number of benzene rings is 1. The minimum absolute atomic E-state index is 0.231. The van der Waals surface area contributed by atoms with Crippen LogP contribution >= 0.6 is 47.8 Å². The summed E-state index contributed by atoms with van der Waals surface area (Å²) < 4.78 is 9.33. The van der Waals surface area contributed by atoms with Crippen molar-refractivity contribution in [3.05, 3.63) is 55.9 Å². The zero-order valence-corrected chi connectivity index (χ0v) is 16.7. The van der Waals surface area contributed by atoms with E-state index in [1.54, 1.807) is 17.1 Å². The fraction of sp³-hybridized carbons (Fsp3) is 0.0714. The Balaban J connectivity index is 1.60. The molecule has 0 saturated heterocycles. The highest BCUT2D eigenvalue weighted by Gasteiger charge is 2.17. The summed E-state index contributed by atoms with van der Waals surface area (Å²) in [6.45, 7) is 0.231. The van der Waals surface area contributed by atoms with Crippen LogP contribution in [0.4, 0.5) is 5.69 Å². The number of hydrogen-bond acceptors (Lipinski definition) is 4. The smallest absolute Gasteiger partial charge is 0.277 e. The Morgan fingerprint density at radius 1 is 1.25 bits per heavy atom. The maximum absolute atomic E-state index is 12.2. The number of carbonyl (C=O) groups excluding carboxylic acids is 1. The third-order valence-electron chi connectivity index (χ3n) is 2.95. The normalized spacial score (nSPS) is 10.6. The maximum atomic E-state index is 12.2. The number of hydrogen-bond donors (Lipinski definition) is 2. The summed E-state index contributed by atoms with van der Waals surface area (Å²) in [7, 11) is 0. The zero-order valence-electron chi connectivity index (χ0n) is 12.0. The highest BCUT2D eigenvalue weighted by atomic mass is 79.9. The van der Waals surface area contributed by atoms with Crippen molar-refractivity contribution in [2.45, 2.75) is 6.73 Å². The highest BCUT2D eigenvalue weighted by molar-refractivity contribution is 9.13. The Kier molecular flexibility index (Phi) is 5.36. The SMILES string of the molecule is O=C(Nc1cnn(COc2ccc(Br)cc2)c1)c1n[nH]c(Br)c1Br. The summed E-state index contributed by atoms with van der Waals surface area (Å²) in [5.74, 6) is 0.377. The molecule has 0 atom stereocenters. The number of anilines is 1. The molecule has 1 aromatic carbocycles. The van der Waals surface area contributed by atoms with Crippen LogP contribution in [0.5, 0.6) is 5.75 Å². The van der Waals surface area contributed by atoms with Gasteiger partial charge in [-0.1, -0.05) is 15.9 Å². The van der Waals surface area contributed by atoms with Gasteiger partial charge in [-0.15, -0.1) is 0 Å². The maximum Gasteiger partial charge on any atom is 0.277 e. The van der Waals surface area contributed by atoms with E-state index < -0.39 is 0 Å². The lowest BCUT2D eigenvalue weighted by Crippen LogP contribution is -2.12. The number of aromatic amines is 1. The Morgan fingerprint density at radius 3 is 2.67 bits per heavy atom. The number of nitrogens with one attached hydrogen (secondary N) is 2. The van der Waals surface area contributed by atoms with Gasteiger partial charge < -0.3 is 10.1 Å². The lowest BCUT2D eigenvalue weighted by atomic mass is 10.3. The van der Waals surface area contributed by atoms with Gasteiger partial charge in [0.15, 0.2) is 12.4 Å². The number of carbonyl (C=O) groups is 1. The van der Waals surface area contributed by atoms with Crippen molar-refractivity contribution in [1.29, 1.82) is 0 Å². The van der Waals surface area contributed by atoms with Crippen LogP contribution in [0.3, 0.4) is 0 Å². The van der Waals surface area contributed by atoms with E-state index in [0.717, 1.165) is 10.2 Å². The molecule has 0 fully saturated rings. The van der Waals surface area contributed by atoms with E-state index in [1.165, 1.54) is 0 Å². The van der Waals surface area contributed by atoms with Crippen LogP contribution in [-0.2, 0) is 6.73 Å². The molecule has 10 heteroatoms. The molecule has 0 aliphatic rings. The zero-order chi connectivity index (χ0) is 17.1. The molecule has 0 radical (unpaired) electrons. The van der Waals surface area contributed by atoms with Gasteiger partial charge in [-0.25, -0.2) is 4.68 Å². The van der Waals surface area contributed by atoms with Crippen LogP contribution < -0.4 is 10.1 Å². The number of rotatable bonds is 5. The molecule has 124 valence electrons. The fourth-order valence-electron chi connectivity index (χ4n) is 1.82. The Hall–Kier alpha value is -1.65.